The van der Waals surface area contributed by atoms with Crippen molar-refractivity contribution in [1.29, 1.82) is 0 Å². The molecule has 2 aromatic carbocycles. The van der Waals surface area contributed by atoms with E-state index in [1.807, 2.05) is 18.7 Å². The average Bonchev–Trinajstić information content (AvgIpc) is 2.83. The number of nitrogens with zero attached hydrogens (tertiary/aromatic N) is 4. The molecule has 1 aromatic heterocycles. The second-order valence-electron chi connectivity index (χ2n) is 7.28. The van der Waals surface area contributed by atoms with Gasteiger partial charge in [0.15, 0.2) is 5.82 Å². The summed E-state index contributed by atoms with van der Waals surface area (Å²) in [6.45, 7) is 5.13. The Morgan fingerprint density at radius 2 is 1.85 bits per heavy atom. The molecule has 0 fully saturated rings. The fourth-order valence-electron chi connectivity index (χ4n) is 3.39. The molecule has 1 N–H and O–H groups in total. The summed E-state index contributed by atoms with van der Waals surface area (Å²) in [5.74, 6) is -0.656. The van der Waals surface area contributed by atoms with Crippen LogP contribution in [0.4, 0.5) is 24.5 Å². The lowest BCUT2D eigenvalue weighted by Gasteiger charge is -2.21. The standard InChI is InChI=1S/C23H22F3N5O3/c1-3-30(4-2)17-8-9-20(31(33)34)18(13-17)21-27-11-10-19(29-21)22(32)28-14-15-6-5-7-16(12-15)23(24,25)26/h5-13H,3-4,14H2,1-2H3,(H,28,32). The third-order valence-electron chi connectivity index (χ3n) is 5.14. The highest BCUT2D eigenvalue weighted by Gasteiger charge is 2.30. The molecule has 0 aliphatic heterocycles. The van der Waals surface area contributed by atoms with E-state index in [4.69, 9.17) is 0 Å². The molecular weight excluding hydrogens is 451 g/mol. The normalized spacial score (nSPS) is 11.2. The summed E-state index contributed by atoms with van der Waals surface area (Å²) in [5.41, 5.74) is 0.0662. The van der Waals surface area contributed by atoms with Crippen molar-refractivity contribution in [2.45, 2.75) is 26.6 Å². The number of aromatic nitrogens is 2. The Morgan fingerprint density at radius 1 is 1.12 bits per heavy atom. The molecular formula is C23H22F3N5O3. The Balaban J connectivity index is 1.87. The van der Waals surface area contributed by atoms with Crippen LogP contribution in [-0.2, 0) is 12.7 Å². The van der Waals surface area contributed by atoms with Crippen LogP contribution in [-0.4, -0.2) is 33.9 Å². The van der Waals surface area contributed by atoms with Gasteiger partial charge in [-0.2, -0.15) is 13.2 Å². The first-order valence-corrected chi connectivity index (χ1v) is 10.4. The zero-order valence-electron chi connectivity index (χ0n) is 18.5. The molecule has 0 aliphatic rings. The van der Waals surface area contributed by atoms with E-state index in [2.05, 4.69) is 15.3 Å². The molecule has 3 aromatic rings. The summed E-state index contributed by atoms with van der Waals surface area (Å²) in [5, 5.41) is 14.1. The van der Waals surface area contributed by atoms with Crippen molar-refractivity contribution in [3.05, 3.63) is 81.7 Å². The summed E-state index contributed by atoms with van der Waals surface area (Å²) in [6, 6.07) is 10.6. The van der Waals surface area contributed by atoms with Crippen LogP contribution in [0.25, 0.3) is 11.4 Å². The Labute approximate surface area is 193 Å². The number of alkyl halides is 3. The highest BCUT2D eigenvalue weighted by Crippen LogP contribution is 2.32. The van der Waals surface area contributed by atoms with Crippen molar-refractivity contribution in [2.24, 2.45) is 0 Å². The van der Waals surface area contributed by atoms with Crippen molar-refractivity contribution >= 4 is 17.3 Å². The Bertz CT molecular complexity index is 1200. The molecule has 0 unspecified atom stereocenters. The van der Waals surface area contributed by atoms with Crippen molar-refractivity contribution in [2.75, 3.05) is 18.0 Å². The van der Waals surface area contributed by atoms with Crippen LogP contribution in [0.15, 0.2) is 54.7 Å². The Morgan fingerprint density at radius 3 is 2.50 bits per heavy atom. The quantitative estimate of drug-likeness (QED) is 0.371. The van der Waals surface area contributed by atoms with E-state index >= 15 is 0 Å². The lowest BCUT2D eigenvalue weighted by Crippen LogP contribution is -2.24. The van der Waals surface area contributed by atoms with Crippen LogP contribution in [0.1, 0.15) is 35.5 Å². The number of amides is 1. The van der Waals surface area contributed by atoms with Crippen LogP contribution in [0.2, 0.25) is 0 Å². The predicted molar refractivity (Wildman–Crippen MR) is 120 cm³/mol. The molecule has 0 bridgehead atoms. The Hall–Kier alpha value is -4.02. The monoisotopic (exact) mass is 473 g/mol. The molecule has 178 valence electrons. The van der Waals surface area contributed by atoms with Gasteiger partial charge >= 0.3 is 6.18 Å². The second kappa shape index (κ2) is 10.3. The number of hydrogen-bond acceptors (Lipinski definition) is 6. The minimum absolute atomic E-state index is 0.00701. The molecule has 0 saturated carbocycles. The van der Waals surface area contributed by atoms with Crippen LogP contribution in [0.5, 0.6) is 0 Å². The van der Waals surface area contributed by atoms with Crippen LogP contribution in [0, 0.1) is 10.1 Å². The largest absolute Gasteiger partial charge is 0.416 e. The molecule has 0 spiro atoms. The zero-order valence-corrected chi connectivity index (χ0v) is 18.5. The van der Waals surface area contributed by atoms with Gasteiger partial charge in [-0.25, -0.2) is 9.97 Å². The van der Waals surface area contributed by atoms with E-state index in [0.717, 1.165) is 17.8 Å². The number of nitro groups is 1. The van der Waals surface area contributed by atoms with E-state index in [9.17, 15) is 28.1 Å². The molecule has 3 rings (SSSR count). The van der Waals surface area contributed by atoms with E-state index < -0.39 is 22.6 Å². The predicted octanol–water partition coefficient (Wildman–Crippen LogP) is 4.85. The van der Waals surface area contributed by atoms with Gasteiger partial charge in [-0.1, -0.05) is 12.1 Å². The number of halogens is 3. The fraction of sp³-hybridized carbons (Fsp3) is 0.261. The number of carbonyl (C=O) groups is 1. The molecule has 1 amide bonds. The summed E-state index contributed by atoms with van der Waals surface area (Å²) in [4.78, 5) is 33.9. The van der Waals surface area contributed by atoms with Gasteiger partial charge in [0.2, 0.25) is 0 Å². The first kappa shape index (κ1) is 24.6. The number of anilines is 1. The van der Waals surface area contributed by atoms with Gasteiger partial charge in [-0.05, 0) is 49.7 Å². The van der Waals surface area contributed by atoms with Crippen molar-refractivity contribution in [1.82, 2.24) is 15.3 Å². The van der Waals surface area contributed by atoms with Crippen molar-refractivity contribution in [3.63, 3.8) is 0 Å². The summed E-state index contributed by atoms with van der Waals surface area (Å²) in [7, 11) is 0. The van der Waals surface area contributed by atoms with Crippen LogP contribution >= 0.6 is 0 Å². The lowest BCUT2D eigenvalue weighted by molar-refractivity contribution is -0.384. The fourth-order valence-corrected chi connectivity index (χ4v) is 3.39. The van der Waals surface area contributed by atoms with E-state index in [-0.39, 0.29) is 34.9 Å². The lowest BCUT2D eigenvalue weighted by atomic mass is 10.1. The number of nitro benzene ring substituents is 1. The van der Waals surface area contributed by atoms with E-state index in [1.165, 1.54) is 30.5 Å². The van der Waals surface area contributed by atoms with Crippen LogP contribution < -0.4 is 10.2 Å². The van der Waals surface area contributed by atoms with Gasteiger partial charge < -0.3 is 10.2 Å². The first-order chi connectivity index (χ1) is 16.1. The molecule has 34 heavy (non-hydrogen) atoms. The molecule has 0 saturated heterocycles. The number of nitrogens with one attached hydrogen (secondary N) is 1. The molecule has 8 nitrogen and oxygen atoms in total. The van der Waals surface area contributed by atoms with Gasteiger partial charge in [0, 0.05) is 37.6 Å². The highest BCUT2D eigenvalue weighted by molar-refractivity contribution is 5.92. The smallest absolute Gasteiger partial charge is 0.372 e. The Kier molecular flexibility index (Phi) is 7.44. The zero-order chi connectivity index (χ0) is 24.9. The molecule has 0 radical (unpaired) electrons. The number of carbonyl (C=O) groups excluding carboxylic acids is 1. The molecule has 0 atom stereocenters. The minimum Gasteiger partial charge on any atom is -0.372 e. The maximum atomic E-state index is 12.9. The summed E-state index contributed by atoms with van der Waals surface area (Å²) < 4.78 is 38.7. The SMILES string of the molecule is CCN(CC)c1ccc([N+](=O)[O-])c(-c2nccc(C(=O)NCc3cccc(C(F)(F)F)c3)n2)c1. The highest BCUT2D eigenvalue weighted by atomic mass is 19.4. The van der Waals surface area contributed by atoms with E-state index in [1.54, 1.807) is 12.1 Å². The van der Waals surface area contributed by atoms with Gasteiger partial charge in [-0.15, -0.1) is 0 Å². The summed E-state index contributed by atoms with van der Waals surface area (Å²) >= 11 is 0. The second-order valence-corrected chi connectivity index (χ2v) is 7.28. The number of benzene rings is 2. The maximum absolute atomic E-state index is 12.9. The van der Waals surface area contributed by atoms with Crippen LogP contribution in [0.3, 0.4) is 0 Å². The summed E-state index contributed by atoms with van der Waals surface area (Å²) in [6.07, 6.45) is -3.19. The molecule has 11 heteroatoms. The van der Waals surface area contributed by atoms with Gasteiger partial charge in [-0.3, -0.25) is 14.9 Å². The van der Waals surface area contributed by atoms with Gasteiger partial charge in [0.25, 0.3) is 11.6 Å². The van der Waals surface area contributed by atoms with Gasteiger partial charge in [0.05, 0.1) is 16.1 Å². The topological polar surface area (TPSA) is 101 Å². The molecule has 1 heterocycles. The van der Waals surface area contributed by atoms with Crippen molar-refractivity contribution in [3.8, 4) is 11.4 Å². The average molecular weight is 473 g/mol. The van der Waals surface area contributed by atoms with Crippen molar-refractivity contribution < 1.29 is 22.9 Å². The number of hydrogen-bond donors (Lipinski definition) is 1. The first-order valence-electron chi connectivity index (χ1n) is 10.4. The van der Waals surface area contributed by atoms with Gasteiger partial charge in [0.1, 0.15) is 5.69 Å². The third kappa shape index (κ3) is 5.66. The maximum Gasteiger partial charge on any atom is 0.416 e. The minimum atomic E-state index is -4.49. The number of rotatable bonds is 8. The molecule has 0 aliphatic carbocycles. The third-order valence-corrected chi connectivity index (χ3v) is 5.14. The van der Waals surface area contributed by atoms with E-state index in [0.29, 0.717) is 13.1 Å².